The van der Waals surface area contributed by atoms with Crippen LogP contribution in [0.1, 0.15) is 12.8 Å². The lowest BCUT2D eigenvalue weighted by Crippen LogP contribution is -2.42. The van der Waals surface area contributed by atoms with Crippen molar-refractivity contribution in [3.63, 3.8) is 0 Å². The summed E-state index contributed by atoms with van der Waals surface area (Å²) in [5, 5.41) is 2.93. The Morgan fingerprint density at radius 2 is 1.76 bits per heavy atom. The van der Waals surface area contributed by atoms with Gasteiger partial charge in [-0.15, -0.1) is 0 Å². The summed E-state index contributed by atoms with van der Waals surface area (Å²) in [5.41, 5.74) is 0.728. The van der Waals surface area contributed by atoms with E-state index in [1.807, 2.05) is 30.3 Å². The summed E-state index contributed by atoms with van der Waals surface area (Å²) in [6, 6.07) is 9.22. The number of hydrogen-bond donors (Lipinski definition) is 1. The maximum absolute atomic E-state index is 12.4. The van der Waals surface area contributed by atoms with Gasteiger partial charge in [0.05, 0.1) is 10.9 Å². The molecule has 2 rings (SSSR count). The van der Waals surface area contributed by atoms with Crippen LogP contribution in [0, 0.1) is 0 Å². The third kappa shape index (κ3) is 2.61. The van der Waals surface area contributed by atoms with Crippen LogP contribution in [-0.2, 0) is 10.0 Å². The van der Waals surface area contributed by atoms with Crippen LogP contribution in [0.3, 0.4) is 0 Å². The Morgan fingerprint density at radius 3 is 2.35 bits per heavy atom. The molecule has 0 bridgehead atoms. The van der Waals surface area contributed by atoms with Crippen molar-refractivity contribution in [1.29, 1.82) is 0 Å². The minimum atomic E-state index is -3.22. The summed E-state index contributed by atoms with van der Waals surface area (Å²) in [5.74, 6) is 0. The lowest BCUT2D eigenvalue weighted by molar-refractivity contribution is 0.495. The molecule has 1 aliphatic heterocycles. The Balaban J connectivity index is 2.20. The second-order valence-corrected chi connectivity index (χ2v) is 6.54. The van der Waals surface area contributed by atoms with Crippen LogP contribution in [0.2, 0.25) is 0 Å². The van der Waals surface area contributed by atoms with E-state index in [1.54, 1.807) is 7.05 Å². The number of nitrogens with one attached hydrogen (secondary N) is 1. The molecule has 94 valence electrons. The van der Waals surface area contributed by atoms with Crippen LogP contribution in [0.5, 0.6) is 0 Å². The van der Waals surface area contributed by atoms with Gasteiger partial charge in [-0.2, -0.15) is 0 Å². The van der Waals surface area contributed by atoms with Gasteiger partial charge in [0.1, 0.15) is 0 Å². The fourth-order valence-electron chi connectivity index (χ4n) is 2.10. The Kier molecular flexibility index (Phi) is 3.69. The van der Waals surface area contributed by atoms with Gasteiger partial charge in [-0.05, 0) is 38.1 Å². The van der Waals surface area contributed by atoms with Gasteiger partial charge in [0.25, 0.3) is 0 Å². The summed E-state index contributed by atoms with van der Waals surface area (Å²) in [6.07, 6.45) is 1.39. The van der Waals surface area contributed by atoms with E-state index in [4.69, 9.17) is 0 Å². The van der Waals surface area contributed by atoms with E-state index in [0.29, 0.717) is 12.8 Å². The number of hydrogen-bond acceptors (Lipinski definition) is 3. The Hall–Kier alpha value is -1.07. The first-order chi connectivity index (χ1) is 8.12. The van der Waals surface area contributed by atoms with Crippen molar-refractivity contribution in [1.82, 2.24) is 5.32 Å². The molecule has 1 heterocycles. The zero-order valence-electron chi connectivity index (χ0n) is 9.96. The van der Waals surface area contributed by atoms with Gasteiger partial charge in [0, 0.05) is 7.05 Å². The smallest absolute Gasteiger partial charge is 0.237 e. The predicted octanol–water partition coefficient (Wildman–Crippen LogP) is 1.20. The number of anilines is 1. The predicted molar refractivity (Wildman–Crippen MR) is 69.7 cm³/mol. The number of nitrogens with zero attached hydrogens (tertiary/aromatic N) is 1. The number of piperidine rings is 1. The molecule has 1 aromatic rings. The molecule has 1 saturated heterocycles. The van der Waals surface area contributed by atoms with E-state index in [2.05, 4.69) is 5.32 Å². The Morgan fingerprint density at radius 1 is 1.18 bits per heavy atom. The number of para-hydroxylation sites is 1. The quantitative estimate of drug-likeness (QED) is 0.882. The molecule has 0 spiro atoms. The molecule has 0 saturated carbocycles. The Labute approximate surface area is 103 Å². The number of benzene rings is 1. The van der Waals surface area contributed by atoms with Crippen LogP contribution in [-0.4, -0.2) is 33.8 Å². The molecule has 4 nitrogen and oxygen atoms in total. The average molecular weight is 254 g/mol. The highest BCUT2D eigenvalue weighted by molar-refractivity contribution is 7.93. The van der Waals surface area contributed by atoms with Crippen LogP contribution < -0.4 is 9.62 Å². The van der Waals surface area contributed by atoms with Gasteiger partial charge >= 0.3 is 0 Å². The summed E-state index contributed by atoms with van der Waals surface area (Å²) >= 11 is 0. The van der Waals surface area contributed by atoms with Gasteiger partial charge in [-0.25, -0.2) is 8.42 Å². The topological polar surface area (TPSA) is 49.4 Å². The molecular weight excluding hydrogens is 236 g/mol. The summed E-state index contributed by atoms with van der Waals surface area (Å²) in [6.45, 7) is 1.57. The highest BCUT2D eigenvalue weighted by Crippen LogP contribution is 2.22. The monoisotopic (exact) mass is 254 g/mol. The second kappa shape index (κ2) is 5.06. The first-order valence-corrected chi connectivity index (χ1v) is 7.36. The Bertz CT molecular complexity index is 453. The van der Waals surface area contributed by atoms with Gasteiger partial charge in [0.15, 0.2) is 0 Å². The van der Waals surface area contributed by atoms with Crippen LogP contribution in [0.4, 0.5) is 5.69 Å². The van der Waals surface area contributed by atoms with Gasteiger partial charge in [0.2, 0.25) is 10.0 Å². The molecule has 0 aliphatic carbocycles. The molecule has 1 aliphatic rings. The second-order valence-electron chi connectivity index (χ2n) is 4.30. The molecule has 1 aromatic carbocycles. The van der Waals surface area contributed by atoms with E-state index >= 15 is 0 Å². The lowest BCUT2D eigenvalue weighted by Gasteiger charge is -2.28. The van der Waals surface area contributed by atoms with Gasteiger partial charge in [-0.3, -0.25) is 4.31 Å². The average Bonchev–Trinajstić information content (AvgIpc) is 2.40. The van der Waals surface area contributed by atoms with Crippen molar-refractivity contribution in [2.24, 2.45) is 0 Å². The van der Waals surface area contributed by atoms with Crippen molar-refractivity contribution in [3.05, 3.63) is 30.3 Å². The molecular formula is C12H18N2O2S. The van der Waals surface area contributed by atoms with Gasteiger partial charge < -0.3 is 5.32 Å². The van der Waals surface area contributed by atoms with Crippen LogP contribution >= 0.6 is 0 Å². The lowest BCUT2D eigenvalue weighted by atomic mass is 10.2. The van der Waals surface area contributed by atoms with Gasteiger partial charge in [-0.1, -0.05) is 18.2 Å². The van der Waals surface area contributed by atoms with Crippen LogP contribution in [0.15, 0.2) is 30.3 Å². The van der Waals surface area contributed by atoms with Crippen molar-refractivity contribution < 1.29 is 8.42 Å². The van der Waals surface area contributed by atoms with E-state index < -0.39 is 10.0 Å². The van der Waals surface area contributed by atoms with E-state index in [-0.39, 0.29) is 5.25 Å². The highest BCUT2D eigenvalue weighted by Gasteiger charge is 2.30. The summed E-state index contributed by atoms with van der Waals surface area (Å²) < 4.78 is 26.2. The molecule has 0 radical (unpaired) electrons. The fourth-order valence-corrected chi connectivity index (χ4v) is 3.80. The summed E-state index contributed by atoms with van der Waals surface area (Å²) in [4.78, 5) is 0. The number of rotatable bonds is 3. The molecule has 0 amide bonds. The zero-order chi connectivity index (χ0) is 12.3. The molecule has 1 N–H and O–H groups in total. The first kappa shape index (κ1) is 12.4. The molecule has 0 aromatic heterocycles. The third-order valence-corrected chi connectivity index (χ3v) is 5.50. The summed E-state index contributed by atoms with van der Waals surface area (Å²) in [7, 11) is -1.59. The standard InChI is InChI=1S/C12H18N2O2S/c1-14(11-5-3-2-4-6-11)17(15,16)12-7-9-13-10-8-12/h2-6,12-13H,7-10H2,1H3. The number of sulfonamides is 1. The maximum atomic E-state index is 12.4. The van der Waals surface area contributed by atoms with Crippen LogP contribution in [0.25, 0.3) is 0 Å². The molecule has 0 unspecified atom stereocenters. The van der Waals surface area contributed by atoms with E-state index in [9.17, 15) is 8.42 Å². The SMILES string of the molecule is CN(c1ccccc1)S(=O)(=O)C1CCNCC1. The normalized spacial score (nSPS) is 17.9. The van der Waals surface area contributed by atoms with Crippen molar-refractivity contribution in [3.8, 4) is 0 Å². The van der Waals surface area contributed by atoms with Crippen molar-refractivity contribution >= 4 is 15.7 Å². The molecule has 0 atom stereocenters. The van der Waals surface area contributed by atoms with E-state index in [1.165, 1.54) is 4.31 Å². The van der Waals surface area contributed by atoms with E-state index in [0.717, 1.165) is 18.8 Å². The minimum Gasteiger partial charge on any atom is -0.317 e. The highest BCUT2D eigenvalue weighted by atomic mass is 32.2. The fraction of sp³-hybridized carbons (Fsp3) is 0.500. The largest absolute Gasteiger partial charge is 0.317 e. The minimum absolute atomic E-state index is 0.256. The third-order valence-electron chi connectivity index (χ3n) is 3.21. The molecule has 1 fully saturated rings. The first-order valence-electron chi connectivity index (χ1n) is 5.86. The maximum Gasteiger partial charge on any atom is 0.237 e. The molecule has 17 heavy (non-hydrogen) atoms. The molecule has 5 heteroatoms. The zero-order valence-corrected chi connectivity index (χ0v) is 10.8. The van der Waals surface area contributed by atoms with Crippen molar-refractivity contribution in [2.45, 2.75) is 18.1 Å². The van der Waals surface area contributed by atoms with Crippen molar-refractivity contribution in [2.75, 3.05) is 24.4 Å².